The van der Waals surface area contributed by atoms with E-state index in [1.165, 1.54) is 12.8 Å². The summed E-state index contributed by atoms with van der Waals surface area (Å²) in [6.45, 7) is 2.05. The molecule has 3 nitrogen and oxygen atoms in total. The van der Waals surface area contributed by atoms with Crippen LogP contribution in [0.15, 0.2) is 36.4 Å². The minimum Gasteiger partial charge on any atom is -0.434 e. The molecular weight excluding hydrogens is 310 g/mol. The maximum absolute atomic E-state index is 12.8. The fraction of sp³-hybridized carbons (Fsp3) is 0.474. The molecule has 2 aliphatic rings. The van der Waals surface area contributed by atoms with E-state index in [-0.39, 0.29) is 0 Å². The topological polar surface area (TPSA) is 24.5 Å². The summed E-state index contributed by atoms with van der Waals surface area (Å²) >= 11 is 0. The van der Waals surface area contributed by atoms with Crippen molar-refractivity contribution in [3.05, 3.63) is 42.0 Å². The number of nitrogens with one attached hydrogen (secondary N) is 1. The Morgan fingerprint density at radius 1 is 1.17 bits per heavy atom. The molecule has 2 saturated heterocycles. The van der Waals surface area contributed by atoms with Gasteiger partial charge in [-0.1, -0.05) is 30.3 Å². The summed E-state index contributed by atoms with van der Waals surface area (Å²) in [4.78, 5) is 2.38. The van der Waals surface area contributed by atoms with Gasteiger partial charge < -0.3 is 10.1 Å². The first-order chi connectivity index (χ1) is 11.7. The highest BCUT2D eigenvalue weighted by molar-refractivity contribution is 5.87. The molecule has 0 bridgehead atoms. The third-order valence-electron chi connectivity index (χ3n) is 5.44. The molecule has 0 aliphatic carbocycles. The second-order valence-electron chi connectivity index (χ2n) is 7.03. The van der Waals surface area contributed by atoms with Crippen LogP contribution in [-0.4, -0.2) is 37.7 Å². The molecule has 128 valence electrons. The Bertz CT molecular complexity index is 728. The number of halogens is 2. The van der Waals surface area contributed by atoms with Crippen molar-refractivity contribution in [2.75, 3.05) is 26.2 Å². The number of nitrogens with zero attached hydrogens (tertiary/aromatic N) is 1. The van der Waals surface area contributed by atoms with Crippen LogP contribution in [-0.2, 0) is 6.54 Å². The quantitative estimate of drug-likeness (QED) is 0.925. The highest BCUT2D eigenvalue weighted by Gasteiger charge is 2.40. The molecule has 2 fully saturated rings. The first-order valence-electron chi connectivity index (χ1n) is 8.54. The molecule has 4 rings (SSSR count). The van der Waals surface area contributed by atoms with Crippen molar-refractivity contribution >= 4 is 10.8 Å². The molecule has 24 heavy (non-hydrogen) atoms. The number of alkyl halides is 2. The van der Waals surface area contributed by atoms with Gasteiger partial charge >= 0.3 is 6.61 Å². The Morgan fingerprint density at radius 2 is 2.04 bits per heavy atom. The maximum Gasteiger partial charge on any atom is 0.387 e. The van der Waals surface area contributed by atoms with Crippen LogP contribution < -0.4 is 10.1 Å². The Balaban J connectivity index is 1.64. The molecule has 0 amide bonds. The fourth-order valence-electron chi connectivity index (χ4n) is 4.22. The minimum absolute atomic E-state index is 0.300. The van der Waals surface area contributed by atoms with E-state index in [4.69, 9.17) is 4.74 Å². The van der Waals surface area contributed by atoms with Gasteiger partial charge in [-0.05, 0) is 48.2 Å². The molecule has 2 aliphatic heterocycles. The number of hydrogen-bond donors (Lipinski definition) is 1. The molecule has 0 saturated carbocycles. The summed E-state index contributed by atoms with van der Waals surface area (Å²) in [5.41, 5.74) is 1.24. The Kier molecular flexibility index (Phi) is 4.14. The standard InChI is InChI=1S/C19H22F2N2O/c20-18(21)24-17-6-5-14-3-1-2-4-15(14)16(17)11-23-10-8-19(13-23)7-9-22-12-19/h1-6,18,22H,7-13H2. The molecule has 1 spiro atoms. The van der Waals surface area contributed by atoms with Gasteiger partial charge in [-0.2, -0.15) is 8.78 Å². The van der Waals surface area contributed by atoms with Gasteiger partial charge in [0.15, 0.2) is 0 Å². The van der Waals surface area contributed by atoms with Gasteiger partial charge in [0, 0.05) is 25.2 Å². The number of likely N-dealkylation sites (tertiary alicyclic amines) is 1. The highest BCUT2D eigenvalue weighted by Crippen LogP contribution is 2.38. The zero-order chi connectivity index (χ0) is 16.6. The van der Waals surface area contributed by atoms with Crippen molar-refractivity contribution < 1.29 is 13.5 Å². The van der Waals surface area contributed by atoms with Crippen LogP contribution in [0.25, 0.3) is 10.8 Å². The molecule has 5 heteroatoms. The third-order valence-corrected chi connectivity index (χ3v) is 5.44. The van der Waals surface area contributed by atoms with Crippen LogP contribution >= 0.6 is 0 Å². The maximum atomic E-state index is 12.8. The van der Waals surface area contributed by atoms with E-state index in [9.17, 15) is 8.78 Å². The van der Waals surface area contributed by atoms with Crippen molar-refractivity contribution in [3.63, 3.8) is 0 Å². The van der Waals surface area contributed by atoms with E-state index < -0.39 is 6.61 Å². The lowest BCUT2D eigenvalue weighted by molar-refractivity contribution is -0.0506. The SMILES string of the molecule is FC(F)Oc1ccc2ccccc2c1CN1CCC2(CCNC2)C1. The molecule has 0 aromatic heterocycles. The minimum atomic E-state index is -2.80. The van der Waals surface area contributed by atoms with Crippen LogP contribution in [0.5, 0.6) is 5.75 Å². The van der Waals surface area contributed by atoms with Crippen molar-refractivity contribution in [2.24, 2.45) is 5.41 Å². The molecule has 2 aromatic carbocycles. The van der Waals surface area contributed by atoms with Crippen molar-refractivity contribution in [1.82, 2.24) is 10.2 Å². The Labute approximate surface area is 140 Å². The summed E-state index contributed by atoms with van der Waals surface area (Å²) in [5.74, 6) is 0.300. The van der Waals surface area contributed by atoms with Crippen molar-refractivity contribution in [1.29, 1.82) is 0 Å². The molecule has 1 atom stereocenters. The molecule has 1 unspecified atom stereocenters. The Hall–Kier alpha value is -1.72. The molecular formula is C19H22F2N2O. The van der Waals surface area contributed by atoms with Crippen LogP contribution in [0.2, 0.25) is 0 Å². The second-order valence-corrected chi connectivity index (χ2v) is 7.03. The summed E-state index contributed by atoms with van der Waals surface area (Å²) < 4.78 is 30.4. The number of ether oxygens (including phenoxy) is 1. The average molecular weight is 332 g/mol. The van der Waals surface area contributed by atoms with Crippen molar-refractivity contribution in [3.8, 4) is 5.75 Å². The lowest BCUT2D eigenvalue weighted by Crippen LogP contribution is -2.29. The van der Waals surface area contributed by atoms with Gasteiger partial charge in [0.2, 0.25) is 0 Å². The van der Waals surface area contributed by atoms with Crippen LogP contribution in [0.1, 0.15) is 18.4 Å². The van der Waals surface area contributed by atoms with Gasteiger partial charge in [0.1, 0.15) is 5.75 Å². The highest BCUT2D eigenvalue weighted by atomic mass is 19.3. The molecule has 1 N–H and O–H groups in total. The normalized spacial score (nSPS) is 24.5. The van der Waals surface area contributed by atoms with Gasteiger partial charge in [0.05, 0.1) is 0 Å². The van der Waals surface area contributed by atoms with Gasteiger partial charge in [0.25, 0.3) is 0 Å². The lowest BCUT2D eigenvalue weighted by Gasteiger charge is -2.24. The lowest BCUT2D eigenvalue weighted by atomic mass is 9.86. The van der Waals surface area contributed by atoms with Crippen LogP contribution in [0.4, 0.5) is 8.78 Å². The number of hydrogen-bond acceptors (Lipinski definition) is 3. The summed E-state index contributed by atoms with van der Waals surface area (Å²) in [5, 5.41) is 5.52. The first kappa shape index (κ1) is 15.8. The number of rotatable bonds is 4. The van der Waals surface area contributed by atoms with E-state index in [0.717, 1.165) is 42.5 Å². The fourth-order valence-corrected chi connectivity index (χ4v) is 4.22. The Morgan fingerprint density at radius 3 is 2.83 bits per heavy atom. The number of fused-ring (bicyclic) bond motifs is 1. The zero-order valence-corrected chi connectivity index (χ0v) is 13.6. The predicted molar refractivity (Wildman–Crippen MR) is 90.4 cm³/mol. The van der Waals surface area contributed by atoms with E-state index in [0.29, 0.717) is 17.7 Å². The average Bonchev–Trinajstić information content (AvgIpc) is 3.19. The molecule has 0 radical (unpaired) electrons. The third kappa shape index (κ3) is 2.98. The summed E-state index contributed by atoms with van der Waals surface area (Å²) in [6.07, 6.45) is 2.38. The zero-order valence-electron chi connectivity index (χ0n) is 13.6. The largest absolute Gasteiger partial charge is 0.434 e. The molecule has 2 heterocycles. The summed E-state index contributed by atoms with van der Waals surface area (Å²) in [6, 6.07) is 11.4. The van der Waals surface area contributed by atoms with E-state index in [2.05, 4.69) is 10.2 Å². The van der Waals surface area contributed by atoms with Gasteiger partial charge in [-0.3, -0.25) is 4.90 Å². The van der Waals surface area contributed by atoms with Gasteiger partial charge in [-0.25, -0.2) is 0 Å². The summed E-state index contributed by atoms with van der Waals surface area (Å²) in [7, 11) is 0. The number of benzene rings is 2. The monoisotopic (exact) mass is 332 g/mol. The van der Waals surface area contributed by atoms with E-state index in [1.807, 2.05) is 30.3 Å². The van der Waals surface area contributed by atoms with Crippen LogP contribution in [0, 0.1) is 5.41 Å². The van der Waals surface area contributed by atoms with Crippen LogP contribution in [0.3, 0.4) is 0 Å². The van der Waals surface area contributed by atoms with E-state index >= 15 is 0 Å². The van der Waals surface area contributed by atoms with Gasteiger partial charge in [-0.15, -0.1) is 0 Å². The smallest absolute Gasteiger partial charge is 0.387 e. The first-order valence-corrected chi connectivity index (χ1v) is 8.54. The predicted octanol–water partition coefficient (Wildman–Crippen LogP) is 3.63. The second kappa shape index (κ2) is 6.30. The van der Waals surface area contributed by atoms with Crippen molar-refractivity contribution in [2.45, 2.75) is 26.0 Å². The molecule has 2 aromatic rings. The van der Waals surface area contributed by atoms with E-state index in [1.54, 1.807) is 6.07 Å².